The highest BCUT2D eigenvalue weighted by molar-refractivity contribution is 5.93. The van der Waals surface area contributed by atoms with E-state index < -0.39 is 0 Å². The second kappa shape index (κ2) is 9.54. The average Bonchev–Trinajstić information content (AvgIpc) is 2.78. The summed E-state index contributed by atoms with van der Waals surface area (Å²) in [5, 5.41) is 2.88. The van der Waals surface area contributed by atoms with Crippen molar-refractivity contribution in [2.75, 3.05) is 25.7 Å². The van der Waals surface area contributed by atoms with Crippen molar-refractivity contribution in [1.82, 2.24) is 15.3 Å². The molecule has 0 saturated carbocycles. The molecule has 150 valence electrons. The zero-order chi connectivity index (χ0) is 20.6. The molecule has 0 fully saturated rings. The van der Waals surface area contributed by atoms with Crippen LogP contribution in [0.2, 0.25) is 0 Å². The summed E-state index contributed by atoms with van der Waals surface area (Å²) in [7, 11) is 3.16. The Bertz CT molecular complexity index is 963. The van der Waals surface area contributed by atoms with Crippen LogP contribution in [0.5, 0.6) is 11.5 Å². The summed E-state index contributed by atoms with van der Waals surface area (Å²) in [4.78, 5) is 23.1. The van der Waals surface area contributed by atoms with E-state index in [4.69, 9.17) is 9.47 Å². The topological polar surface area (TPSA) is 76.6 Å². The zero-order valence-electron chi connectivity index (χ0n) is 16.8. The number of methoxy groups -OCH3 is 2. The number of carbonyl (C=O) groups excluding carboxylic acids is 1. The number of carbonyl (C=O) groups is 1. The highest BCUT2D eigenvalue weighted by atomic mass is 16.5. The summed E-state index contributed by atoms with van der Waals surface area (Å²) in [5.74, 6) is 1.66. The molecular formula is C22H24N4O3. The minimum Gasteiger partial charge on any atom is -0.493 e. The second-order valence-corrected chi connectivity index (χ2v) is 6.21. The smallest absolute Gasteiger partial charge is 0.270 e. The number of hydrogen-bond donors (Lipinski definition) is 1. The minimum absolute atomic E-state index is 0.271. The fourth-order valence-corrected chi connectivity index (χ4v) is 2.97. The Labute approximate surface area is 170 Å². The number of anilines is 2. The zero-order valence-corrected chi connectivity index (χ0v) is 16.8. The maximum Gasteiger partial charge on any atom is 0.270 e. The fourth-order valence-electron chi connectivity index (χ4n) is 2.97. The molecule has 0 radical (unpaired) electrons. The molecule has 0 unspecified atom stereocenters. The molecule has 0 bridgehead atoms. The van der Waals surface area contributed by atoms with E-state index in [-0.39, 0.29) is 5.91 Å². The Morgan fingerprint density at radius 1 is 1.00 bits per heavy atom. The number of amides is 1. The lowest BCUT2D eigenvalue weighted by molar-refractivity contribution is 0.0945. The first-order chi connectivity index (χ1) is 14.2. The highest BCUT2D eigenvalue weighted by Crippen LogP contribution is 2.27. The van der Waals surface area contributed by atoms with Crippen molar-refractivity contribution in [1.29, 1.82) is 0 Å². The van der Waals surface area contributed by atoms with Crippen LogP contribution in [-0.2, 0) is 6.54 Å². The van der Waals surface area contributed by atoms with Crippen molar-refractivity contribution in [2.45, 2.75) is 13.5 Å². The number of hydrogen-bond acceptors (Lipinski definition) is 6. The van der Waals surface area contributed by atoms with Gasteiger partial charge in [0.15, 0.2) is 11.5 Å². The molecule has 0 atom stereocenters. The summed E-state index contributed by atoms with van der Waals surface area (Å²) < 4.78 is 10.5. The monoisotopic (exact) mass is 392 g/mol. The van der Waals surface area contributed by atoms with Crippen LogP contribution in [0.4, 0.5) is 11.5 Å². The third-order valence-electron chi connectivity index (χ3n) is 4.45. The van der Waals surface area contributed by atoms with Gasteiger partial charge in [0.2, 0.25) is 0 Å². The molecule has 7 nitrogen and oxygen atoms in total. The van der Waals surface area contributed by atoms with Gasteiger partial charge in [0.1, 0.15) is 17.8 Å². The highest BCUT2D eigenvalue weighted by Gasteiger charge is 2.14. The van der Waals surface area contributed by atoms with Crippen molar-refractivity contribution in [3.05, 3.63) is 72.2 Å². The van der Waals surface area contributed by atoms with Crippen LogP contribution in [0.1, 0.15) is 23.0 Å². The maximum absolute atomic E-state index is 12.6. The number of nitrogens with one attached hydrogen (secondary N) is 1. The van der Waals surface area contributed by atoms with Gasteiger partial charge in [-0.3, -0.25) is 4.79 Å². The molecule has 29 heavy (non-hydrogen) atoms. The normalized spacial score (nSPS) is 10.3. The van der Waals surface area contributed by atoms with Gasteiger partial charge >= 0.3 is 0 Å². The Hall–Kier alpha value is -3.61. The third kappa shape index (κ3) is 4.82. The first-order valence-electron chi connectivity index (χ1n) is 9.30. The van der Waals surface area contributed by atoms with Gasteiger partial charge < -0.3 is 19.7 Å². The molecule has 3 aromatic rings. The van der Waals surface area contributed by atoms with E-state index >= 15 is 0 Å². The third-order valence-corrected chi connectivity index (χ3v) is 4.45. The van der Waals surface area contributed by atoms with E-state index in [1.165, 1.54) is 6.33 Å². The maximum atomic E-state index is 12.6. The molecule has 7 heteroatoms. The molecule has 3 rings (SSSR count). The lowest BCUT2D eigenvalue weighted by Gasteiger charge is -2.22. The predicted octanol–water partition coefficient (Wildman–Crippen LogP) is 3.58. The van der Waals surface area contributed by atoms with Crippen LogP contribution >= 0.6 is 0 Å². The molecular weight excluding hydrogens is 368 g/mol. The van der Waals surface area contributed by atoms with Gasteiger partial charge in [-0.25, -0.2) is 9.97 Å². The van der Waals surface area contributed by atoms with E-state index in [1.807, 2.05) is 60.4 Å². The molecule has 2 aromatic carbocycles. The van der Waals surface area contributed by atoms with Gasteiger partial charge in [-0.2, -0.15) is 0 Å². The SMILES string of the molecule is CCN(c1ccccc1)c1cc(C(=O)NCc2ccc(OC)c(OC)c2)ncn1. The molecule has 0 aliphatic carbocycles. The summed E-state index contributed by atoms with van der Waals surface area (Å²) in [5.41, 5.74) is 2.21. The van der Waals surface area contributed by atoms with E-state index in [0.717, 1.165) is 11.3 Å². The summed E-state index contributed by atoms with van der Waals surface area (Å²) in [6.45, 7) is 3.09. The van der Waals surface area contributed by atoms with Gasteiger partial charge in [-0.1, -0.05) is 24.3 Å². The van der Waals surface area contributed by atoms with Crippen molar-refractivity contribution >= 4 is 17.4 Å². The molecule has 1 N–H and O–H groups in total. The molecule has 0 aliphatic rings. The number of nitrogens with zero attached hydrogens (tertiary/aromatic N) is 3. The molecule has 0 saturated heterocycles. The van der Waals surface area contributed by atoms with Crippen LogP contribution in [0.3, 0.4) is 0 Å². The Morgan fingerprint density at radius 3 is 2.45 bits per heavy atom. The lowest BCUT2D eigenvalue weighted by Crippen LogP contribution is -2.25. The Balaban J connectivity index is 1.73. The van der Waals surface area contributed by atoms with E-state index in [9.17, 15) is 4.79 Å². The molecule has 0 aliphatic heterocycles. The van der Waals surface area contributed by atoms with Crippen LogP contribution in [-0.4, -0.2) is 36.6 Å². The van der Waals surface area contributed by atoms with Gasteiger partial charge in [0.05, 0.1) is 14.2 Å². The van der Waals surface area contributed by atoms with Crippen LogP contribution in [0.15, 0.2) is 60.9 Å². The summed E-state index contributed by atoms with van der Waals surface area (Å²) >= 11 is 0. The van der Waals surface area contributed by atoms with Gasteiger partial charge in [-0.15, -0.1) is 0 Å². The number of rotatable bonds is 8. The van der Waals surface area contributed by atoms with Crippen LogP contribution < -0.4 is 19.7 Å². The first-order valence-corrected chi connectivity index (χ1v) is 9.30. The van der Waals surface area contributed by atoms with E-state index in [2.05, 4.69) is 15.3 Å². The van der Waals surface area contributed by atoms with Gasteiger partial charge in [-0.05, 0) is 36.8 Å². The van der Waals surface area contributed by atoms with Crippen LogP contribution in [0.25, 0.3) is 0 Å². The van der Waals surface area contributed by atoms with E-state index in [1.54, 1.807) is 20.3 Å². The Morgan fingerprint density at radius 2 is 1.76 bits per heavy atom. The number of para-hydroxylation sites is 1. The van der Waals surface area contributed by atoms with Gasteiger partial charge in [0, 0.05) is 24.8 Å². The Kier molecular flexibility index (Phi) is 6.63. The minimum atomic E-state index is -0.271. The van der Waals surface area contributed by atoms with Crippen molar-refractivity contribution in [2.24, 2.45) is 0 Å². The van der Waals surface area contributed by atoms with Crippen molar-refractivity contribution < 1.29 is 14.3 Å². The standard InChI is InChI=1S/C22H24N4O3/c1-4-26(17-8-6-5-7-9-17)21-13-18(24-15-25-21)22(27)23-14-16-10-11-19(28-2)20(12-16)29-3/h5-13,15H,4,14H2,1-3H3,(H,23,27). The van der Waals surface area contributed by atoms with Gasteiger partial charge in [0.25, 0.3) is 5.91 Å². The number of ether oxygens (including phenoxy) is 2. The molecule has 0 spiro atoms. The fraction of sp³-hybridized carbons (Fsp3) is 0.227. The molecule has 1 amide bonds. The van der Waals surface area contributed by atoms with Crippen LogP contribution in [0, 0.1) is 0 Å². The predicted molar refractivity (Wildman–Crippen MR) is 112 cm³/mol. The quantitative estimate of drug-likeness (QED) is 0.631. The summed E-state index contributed by atoms with van der Waals surface area (Å²) in [6.07, 6.45) is 1.41. The average molecular weight is 392 g/mol. The largest absolute Gasteiger partial charge is 0.493 e. The summed E-state index contributed by atoms with van der Waals surface area (Å²) in [6, 6.07) is 17.1. The van der Waals surface area contributed by atoms with Crippen molar-refractivity contribution in [3.63, 3.8) is 0 Å². The lowest BCUT2D eigenvalue weighted by atomic mass is 10.2. The molecule has 1 heterocycles. The second-order valence-electron chi connectivity index (χ2n) is 6.21. The van der Waals surface area contributed by atoms with Crippen molar-refractivity contribution in [3.8, 4) is 11.5 Å². The number of aromatic nitrogens is 2. The number of benzene rings is 2. The van der Waals surface area contributed by atoms with E-state index in [0.29, 0.717) is 36.1 Å². The molecule has 1 aromatic heterocycles. The first kappa shape index (κ1) is 20.1.